The highest BCUT2D eigenvalue weighted by Crippen LogP contribution is 2.09. The van der Waals surface area contributed by atoms with E-state index in [1.807, 2.05) is 17.6 Å². The fraction of sp³-hybridized carbons (Fsp3) is 0.0769. The quantitative estimate of drug-likeness (QED) is 0.387. The molecule has 3 N–H and O–H groups in total. The van der Waals surface area contributed by atoms with Crippen molar-refractivity contribution < 1.29 is 4.79 Å². The molecule has 0 unspecified atom stereocenters. The van der Waals surface area contributed by atoms with Crippen molar-refractivity contribution in [2.45, 2.75) is 6.54 Å². The van der Waals surface area contributed by atoms with Crippen LogP contribution < -0.4 is 11.3 Å². The second-order valence-electron chi connectivity index (χ2n) is 4.37. The van der Waals surface area contributed by atoms with E-state index < -0.39 is 5.91 Å². The molecule has 0 saturated heterocycles. The molecular weight excluding hydrogens is 284 g/mol. The van der Waals surface area contributed by atoms with Gasteiger partial charge in [0.2, 0.25) is 5.82 Å². The number of carbonyl (C=O) groups is 1. The molecule has 0 spiro atoms. The molecule has 3 rings (SSSR count). The third-order valence-corrected chi connectivity index (χ3v) is 2.87. The van der Waals surface area contributed by atoms with Crippen molar-refractivity contribution >= 4 is 5.91 Å². The molecule has 0 fully saturated rings. The third-order valence-electron chi connectivity index (χ3n) is 2.87. The summed E-state index contributed by atoms with van der Waals surface area (Å²) in [6.45, 7) is 0.338. The van der Waals surface area contributed by atoms with Gasteiger partial charge in [-0.15, -0.1) is 10.2 Å². The summed E-state index contributed by atoms with van der Waals surface area (Å²) in [5.74, 6) is 5.11. The van der Waals surface area contributed by atoms with Gasteiger partial charge in [0, 0.05) is 12.4 Å². The molecule has 0 radical (unpaired) electrons. The standard InChI is InChI=1S/C13H12N8O/c14-17-13(22)9-4-5-10(16-7-9)8-21-19-12(18-20-21)11-3-1-2-6-15-11/h1-7H,8,14H2,(H,17,22). The van der Waals surface area contributed by atoms with Gasteiger partial charge in [-0.3, -0.25) is 20.2 Å². The van der Waals surface area contributed by atoms with Crippen LogP contribution in [0.1, 0.15) is 16.1 Å². The molecule has 3 aromatic heterocycles. The first-order valence-electron chi connectivity index (χ1n) is 6.41. The number of amides is 1. The smallest absolute Gasteiger partial charge is 0.266 e. The Morgan fingerprint density at radius 1 is 1.23 bits per heavy atom. The average molecular weight is 296 g/mol. The number of hydrazine groups is 1. The van der Waals surface area contributed by atoms with Crippen LogP contribution in [0, 0.1) is 0 Å². The van der Waals surface area contributed by atoms with E-state index >= 15 is 0 Å². The molecule has 0 aliphatic heterocycles. The minimum absolute atomic E-state index is 0.338. The monoisotopic (exact) mass is 296 g/mol. The molecule has 0 aliphatic rings. The highest BCUT2D eigenvalue weighted by atomic mass is 16.2. The van der Waals surface area contributed by atoms with E-state index in [2.05, 4.69) is 25.4 Å². The first-order chi connectivity index (χ1) is 10.8. The van der Waals surface area contributed by atoms with Gasteiger partial charge in [0.25, 0.3) is 5.91 Å². The van der Waals surface area contributed by atoms with Crippen LogP contribution in [0.3, 0.4) is 0 Å². The Balaban J connectivity index is 1.74. The minimum atomic E-state index is -0.393. The number of hydrogen-bond acceptors (Lipinski definition) is 7. The zero-order chi connectivity index (χ0) is 15.4. The van der Waals surface area contributed by atoms with Gasteiger partial charge in [-0.2, -0.15) is 4.80 Å². The van der Waals surface area contributed by atoms with Crippen LogP contribution in [-0.2, 0) is 6.54 Å². The number of hydrogen-bond donors (Lipinski definition) is 2. The fourth-order valence-corrected chi connectivity index (χ4v) is 1.79. The summed E-state index contributed by atoms with van der Waals surface area (Å²) in [5.41, 5.74) is 3.77. The van der Waals surface area contributed by atoms with Crippen LogP contribution in [0.25, 0.3) is 11.5 Å². The number of nitrogens with two attached hydrogens (primary N) is 1. The Morgan fingerprint density at radius 3 is 2.82 bits per heavy atom. The summed E-state index contributed by atoms with van der Waals surface area (Å²) in [7, 11) is 0. The van der Waals surface area contributed by atoms with E-state index in [9.17, 15) is 4.79 Å². The predicted octanol–water partition coefficient (Wildman–Crippen LogP) is -0.218. The zero-order valence-corrected chi connectivity index (χ0v) is 11.4. The summed E-state index contributed by atoms with van der Waals surface area (Å²) in [4.78, 5) is 21.1. The Morgan fingerprint density at radius 2 is 2.14 bits per heavy atom. The van der Waals surface area contributed by atoms with Crippen molar-refractivity contribution in [3.8, 4) is 11.5 Å². The largest absolute Gasteiger partial charge is 0.290 e. The van der Waals surface area contributed by atoms with Gasteiger partial charge in [0.15, 0.2) is 0 Å². The predicted molar refractivity (Wildman–Crippen MR) is 76.0 cm³/mol. The van der Waals surface area contributed by atoms with Crippen molar-refractivity contribution in [1.29, 1.82) is 0 Å². The average Bonchev–Trinajstić information content (AvgIpc) is 3.04. The Labute approximate surface area is 125 Å². The Hall–Kier alpha value is -3.20. The van der Waals surface area contributed by atoms with Gasteiger partial charge < -0.3 is 0 Å². The van der Waals surface area contributed by atoms with E-state index in [0.29, 0.717) is 29.3 Å². The number of nitrogens with one attached hydrogen (secondary N) is 1. The maximum atomic E-state index is 11.3. The molecule has 9 heteroatoms. The molecule has 22 heavy (non-hydrogen) atoms. The van der Waals surface area contributed by atoms with Crippen molar-refractivity contribution in [2.75, 3.05) is 0 Å². The van der Waals surface area contributed by atoms with E-state index in [-0.39, 0.29) is 0 Å². The first-order valence-corrected chi connectivity index (χ1v) is 6.41. The lowest BCUT2D eigenvalue weighted by molar-refractivity contribution is 0.0953. The molecular formula is C13H12N8O. The summed E-state index contributed by atoms with van der Waals surface area (Å²) < 4.78 is 0. The molecule has 3 aromatic rings. The summed E-state index contributed by atoms with van der Waals surface area (Å²) in [6, 6.07) is 8.80. The van der Waals surface area contributed by atoms with Gasteiger partial charge in [0.05, 0.1) is 11.3 Å². The van der Waals surface area contributed by atoms with Crippen LogP contribution in [0.4, 0.5) is 0 Å². The normalized spacial score (nSPS) is 10.4. The topological polar surface area (TPSA) is 124 Å². The van der Waals surface area contributed by atoms with E-state index in [1.54, 1.807) is 24.4 Å². The van der Waals surface area contributed by atoms with Crippen molar-refractivity contribution in [2.24, 2.45) is 5.84 Å². The lowest BCUT2D eigenvalue weighted by Gasteiger charge is -2.01. The number of nitrogen functional groups attached to an aromatic ring is 1. The molecule has 0 aliphatic carbocycles. The number of carbonyl (C=O) groups excluding carboxylic acids is 1. The third kappa shape index (κ3) is 2.94. The number of aromatic nitrogens is 6. The van der Waals surface area contributed by atoms with Crippen molar-refractivity contribution in [3.63, 3.8) is 0 Å². The van der Waals surface area contributed by atoms with Crippen molar-refractivity contribution in [1.82, 2.24) is 35.6 Å². The lowest BCUT2D eigenvalue weighted by Crippen LogP contribution is -2.30. The fourth-order valence-electron chi connectivity index (χ4n) is 1.79. The van der Waals surface area contributed by atoms with E-state index in [4.69, 9.17) is 5.84 Å². The molecule has 3 heterocycles. The molecule has 0 atom stereocenters. The number of nitrogens with zero attached hydrogens (tertiary/aromatic N) is 6. The Kier molecular flexibility index (Phi) is 3.79. The number of rotatable bonds is 4. The Bertz CT molecular complexity index is 768. The van der Waals surface area contributed by atoms with Crippen LogP contribution in [-0.4, -0.2) is 36.1 Å². The number of tetrazole rings is 1. The molecule has 9 nitrogen and oxygen atoms in total. The summed E-state index contributed by atoms with van der Waals surface area (Å²) >= 11 is 0. The molecule has 110 valence electrons. The maximum absolute atomic E-state index is 11.3. The van der Waals surface area contributed by atoms with Crippen molar-refractivity contribution in [3.05, 3.63) is 54.0 Å². The highest BCUT2D eigenvalue weighted by molar-refractivity contribution is 5.93. The SMILES string of the molecule is NNC(=O)c1ccc(Cn2nnc(-c3ccccn3)n2)nc1. The van der Waals surface area contributed by atoms with Gasteiger partial charge >= 0.3 is 0 Å². The van der Waals surface area contributed by atoms with E-state index in [1.165, 1.54) is 11.0 Å². The number of pyridine rings is 2. The zero-order valence-electron chi connectivity index (χ0n) is 11.4. The second kappa shape index (κ2) is 6.06. The molecule has 0 bridgehead atoms. The van der Waals surface area contributed by atoms with Crippen LogP contribution in [0.5, 0.6) is 0 Å². The highest BCUT2D eigenvalue weighted by Gasteiger charge is 2.08. The van der Waals surface area contributed by atoms with Crippen LogP contribution >= 0.6 is 0 Å². The second-order valence-corrected chi connectivity index (χ2v) is 4.37. The molecule has 0 aromatic carbocycles. The molecule has 1 amide bonds. The van der Waals surface area contributed by atoms with Crippen LogP contribution in [0.15, 0.2) is 42.7 Å². The lowest BCUT2D eigenvalue weighted by atomic mass is 10.2. The molecule has 0 saturated carbocycles. The summed E-state index contributed by atoms with van der Waals surface area (Å²) in [6.07, 6.45) is 3.10. The van der Waals surface area contributed by atoms with Gasteiger partial charge in [-0.05, 0) is 29.5 Å². The first kappa shape index (κ1) is 13.8. The van der Waals surface area contributed by atoms with Gasteiger partial charge in [-0.1, -0.05) is 6.07 Å². The van der Waals surface area contributed by atoms with Gasteiger partial charge in [-0.25, -0.2) is 5.84 Å². The van der Waals surface area contributed by atoms with Gasteiger partial charge in [0.1, 0.15) is 12.2 Å². The maximum Gasteiger partial charge on any atom is 0.266 e. The van der Waals surface area contributed by atoms with E-state index in [0.717, 1.165) is 0 Å². The minimum Gasteiger partial charge on any atom is -0.290 e. The summed E-state index contributed by atoms with van der Waals surface area (Å²) in [5, 5.41) is 12.2. The van der Waals surface area contributed by atoms with Crippen LogP contribution in [0.2, 0.25) is 0 Å².